The molecule has 2 fully saturated rings. The molecule has 2 aliphatic heterocycles. The molecule has 0 saturated carbocycles. The van der Waals surface area contributed by atoms with E-state index in [1.165, 1.54) is 12.8 Å². The van der Waals surface area contributed by atoms with Crippen LogP contribution in [0.5, 0.6) is 0 Å². The average molecular weight is 461 g/mol. The highest BCUT2D eigenvalue weighted by Crippen LogP contribution is 2.34. The molecule has 1 aromatic carbocycles. The summed E-state index contributed by atoms with van der Waals surface area (Å²) in [5.41, 5.74) is 5.50. The van der Waals surface area contributed by atoms with Gasteiger partial charge in [0, 0.05) is 50.2 Å². The molecule has 4 heterocycles. The zero-order valence-corrected chi connectivity index (χ0v) is 20.8. The Bertz CT molecular complexity index is 1190. The molecule has 0 bridgehead atoms. The summed E-state index contributed by atoms with van der Waals surface area (Å²) in [6.07, 6.45) is 5.44. The summed E-state index contributed by atoms with van der Waals surface area (Å²) in [7, 11) is 1.87. The van der Waals surface area contributed by atoms with E-state index in [4.69, 9.17) is 10.1 Å². The number of carbonyl (C=O) groups is 1. The van der Waals surface area contributed by atoms with Crippen molar-refractivity contribution in [1.29, 1.82) is 0 Å². The van der Waals surface area contributed by atoms with Gasteiger partial charge < -0.3 is 15.1 Å². The first kappa shape index (κ1) is 22.7. The number of fused-ring (bicyclic) bond motifs is 1. The lowest BCUT2D eigenvalue weighted by Crippen LogP contribution is -2.39. The Morgan fingerprint density at radius 3 is 2.59 bits per heavy atom. The Kier molecular flexibility index (Phi) is 6.19. The number of nitrogens with one attached hydrogen (secondary N) is 1. The molecule has 2 saturated heterocycles. The van der Waals surface area contributed by atoms with Crippen LogP contribution in [0.2, 0.25) is 0 Å². The first-order chi connectivity index (χ1) is 16.4. The molecule has 1 amide bonds. The monoisotopic (exact) mass is 460 g/mol. The fraction of sp³-hybridized carbons (Fsp3) is 0.519. The molecule has 2 aromatic heterocycles. The number of aryl methyl sites for hydroxylation is 2. The fourth-order valence-electron chi connectivity index (χ4n) is 5.41. The normalized spacial score (nSPS) is 19.6. The average Bonchev–Trinajstić information content (AvgIpc) is 3.27. The van der Waals surface area contributed by atoms with Crippen molar-refractivity contribution in [3.8, 4) is 0 Å². The molecule has 1 unspecified atom stereocenters. The Labute approximate surface area is 202 Å². The number of anilines is 2. The number of rotatable bonds is 4. The Hall–Kier alpha value is -3.09. The third-order valence-corrected chi connectivity index (χ3v) is 7.44. The van der Waals surface area contributed by atoms with Crippen LogP contribution < -0.4 is 10.2 Å². The Morgan fingerprint density at radius 2 is 1.82 bits per heavy atom. The lowest BCUT2D eigenvalue weighted by Gasteiger charge is -2.35. The van der Waals surface area contributed by atoms with Crippen LogP contribution in [0.15, 0.2) is 30.3 Å². The van der Waals surface area contributed by atoms with Crippen LogP contribution in [-0.2, 0) is 0 Å². The summed E-state index contributed by atoms with van der Waals surface area (Å²) in [6, 6.07) is 10.2. The van der Waals surface area contributed by atoms with Crippen LogP contribution in [0.1, 0.15) is 72.4 Å². The van der Waals surface area contributed by atoms with Crippen LogP contribution in [-0.4, -0.2) is 52.1 Å². The number of carbonyl (C=O) groups excluding carboxylic acids is 1. The molecule has 0 aliphatic carbocycles. The van der Waals surface area contributed by atoms with Crippen LogP contribution in [0, 0.1) is 19.8 Å². The standard InChI is InChI=1S/C27H36N6O/c1-18-10-13-31(14-11-18)26-16-20(3)29-25-17-23(30-33(25)26)24-7-5-6-12-32(24)27(34)21-15-19(2)8-9-22(21)28-4/h8-9,15-18,24,28H,5-7,10-14H2,1-4H3. The van der Waals surface area contributed by atoms with Gasteiger partial charge in [0.05, 0.1) is 17.3 Å². The number of likely N-dealkylation sites (tertiary alicyclic amines) is 1. The van der Waals surface area contributed by atoms with Crippen LogP contribution in [0.4, 0.5) is 11.5 Å². The SMILES string of the molecule is CNc1ccc(C)cc1C(=O)N1CCCCC1c1cc2nc(C)cc(N3CCC(C)CC3)n2n1. The van der Waals surface area contributed by atoms with Crippen molar-refractivity contribution in [2.75, 3.05) is 36.9 Å². The van der Waals surface area contributed by atoms with Gasteiger partial charge in [-0.1, -0.05) is 18.6 Å². The van der Waals surface area contributed by atoms with Crippen molar-refractivity contribution in [3.63, 3.8) is 0 Å². The van der Waals surface area contributed by atoms with E-state index in [1.807, 2.05) is 41.6 Å². The number of aromatic nitrogens is 3. The number of piperidine rings is 2. The lowest BCUT2D eigenvalue weighted by atomic mass is 9.97. The van der Waals surface area contributed by atoms with Gasteiger partial charge >= 0.3 is 0 Å². The van der Waals surface area contributed by atoms with E-state index in [1.54, 1.807) is 0 Å². The maximum absolute atomic E-state index is 13.8. The molecular formula is C27H36N6O. The van der Waals surface area contributed by atoms with E-state index in [-0.39, 0.29) is 11.9 Å². The van der Waals surface area contributed by atoms with Gasteiger partial charge in [-0.15, -0.1) is 0 Å². The molecule has 1 atom stereocenters. The fourth-order valence-corrected chi connectivity index (χ4v) is 5.41. The van der Waals surface area contributed by atoms with Crippen molar-refractivity contribution in [2.24, 2.45) is 5.92 Å². The molecule has 0 radical (unpaired) electrons. The summed E-state index contributed by atoms with van der Waals surface area (Å²) < 4.78 is 2.00. The first-order valence-corrected chi connectivity index (χ1v) is 12.7. The lowest BCUT2D eigenvalue weighted by molar-refractivity contribution is 0.0606. The molecule has 5 rings (SSSR count). The third kappa shape index (κ3) is 4.24. The predicted molar refractivity (Wildman–Crippen MR) is 137 cm³/mol. The smallest absolute Gasteiger partial charge is 0.256 e. The van der Waals surface area contributed by atoms with Crippen molar-refractivity contribution in [2.45, 2.75) is 58.9 Å². The molecule has 34 heavy (non-hydrogen) atoms. The maximum atomic E-state index is 13.8. The second-order valence-electron chi connectivity index (χ2n) is 10.1. The Morgan fingerprint density at radius 1 is 1.03 bits per heavy atom. The van der Waals surface area contributed by atoms with Crippen LogP contribution in [0.3, 0.4) is 0 Å². The van der Waals surface area contributed by atoms with Crippen LogP contribution in [0.25, 0.3) is 5.65 Å². The van der Waals surface area contributed by atoms with E-state index in [2.05, 4.69) is 36.2 Å². The second kappa shape index (κ2) is 9.28. The molecule has 7 nitrogen and oxygen atoms in total. The van der Waals surface area contributed by atoms with E-state index in [9.17, 15) is 4.79 Å². The minimum atomic E-state index is -0.0392. The zero-order valence-electron chi connectivity index (χ0n) is 20.8. The highest BCUT2D eigenvalue weighted by atomic mass is 16.2. The topological polar surface area (TPSA) is 65.8 Å². The van der Waals surface area contributed by atoms with E-state index in [0.717, 1.165) is 84.5 Å². The Balaban J connectivity index is 1.51. The van der Waals surface area contributed by atoms with Crippen molar-refractivity contribution in [3.05, 3.63) is 52.8 Å². The number of nitrogens with zero attached hydrogens (tertiary/aromatic N) is 5. The molecular weight excluding hydrogens is 424 g/mol. The van der Waals surface area contributed by atoms with Crippen LogP contribution >= 0.6 is 0 Å². The molecule has 0 spiro atoms. The second-order valence-corrected chi connectivity index (χ2v) is 10.1. The molecule has 1 N–H and O–H groups in total. The third-order valence-electron chi connectivity index (χ3n) is 7.44. The van der Waals surface area contributed by atoms with Gasteiger partial charge in [0.1, 0.15) is 5.82 Å². The first-order valence-electron chi connectivity index (χ1n) is 12.7. The largest absolute Gasteiger partial charge is 0.387 e. The van der Waals surface area contributed by atoms with Gasteiger partial charge in [0.2, 0.25) is 0 Å². The van der Waals surface area contributed by atoms with E-state index in [0.29, 0.717) is 0 Å². The highest BCUT2D eigenvalue weighted by molar-refractivity contribution is 6.00. The number of hydrogen-bond acceptors (Lipinski definition) is 5. The number of amides is 1. The van der Waals surface area contributed by atoms with Crippen molar-refractivity contribution < 1.29 is 4.79 Å². The predicted octanol–water partition coefficient (Wildman–Crippen LogP) is 4.99. The maximum Gasteiger partial charge on any atom is 0.256 e. The molecule has 7 heteroatoms. The molecule has 180 valence electrons. The van der Waals surface area contributed by atoms with Gasteiger partial charge in [-0.05, 0) is 64.0 Å². The molecule has 3 aromatic rings. The van der Waals surface area contributed by atoms with Gasteiger partial charge in [-0.3, -0.25) is 4.79 Å². The summed E-state index contributed by atoms with van der Waals surface area (Å²) >= 11 is 0. The summed E-state index contributed by atoms with van der Waals surface area (Å²) in [5.74, 6) is 1.96. The van der Waals surface area contributed by atoms with Gasteiger partial charge in [-0.25, -0.2) is 4.98 Å². The quantitative estimate of drug-likeness (QED) is 0.594. The number of benzene rings is 1. The van der Waals surface area contributed by atoms with Gasteiger partial charge in [0.15, 0.2) is 5.65 Å². The summed E-state index contributed by atoms with van der Waals surface area (Å²) in [6.45, 7) is 9.25. The van der Waals surface area contributed by atoms with Crippen molar-refractivity contribution in [1.82, 2.24) is 19.5 Å². The van der Waals surface area contributed by atoms with E-state index >= 15 is 0 Å². The molecule has 2 aliphatic rings. The minimum Gasteiger partial charge on any atom is -0.387 e. The minimum absolute atomic E-state index is 0.0392. The number of hydrogen-bond donors (Lipinski definition) is 1. The van der Waals surface area contributed by atoms with Gasteiger partial charge in [-0.2, -0.15) is 9.61 Å². The summed E-state index contributed by atoms with van der Waals surface area (Å²) in [5, 5.41) is 8.25. The highest BCUT2D eigenvalue weighted by Gasteiger charge is 2.32. The summed E-state index contributed by atoms with van der Waals surface area (Å²) in [4.78, 5) is 23.0. The van der Waals surface area contributed by atoms with Gasteiger partial charge in [0.25, 0.3) is 5.91 Å². The van der Waals surface area contributed by atoms with E-state index < -0.39 is 0 Å². The van der Waals surface area contributed by atoms with Crippen molar-refractivity contribution >= 4 is 23.1 Å². The zero-order chi connectivity index (χ0) is 23.8.